The van der Waals surface area contributed by atoms with Crippen LogP contribution in [0, 0.1) is 3.57 Å². The summed E-state index contributed by atoms with van der Waals surface area (Å²) < 4.78 is 38.9. The lowest BCUT2D eigenvalue weighted by Crippen LogP contribution is -2.20. The van der Waals surface area contributed by atoms with Gasteiger partial charge in [-0.25, -0.2) is 4.98 Å². The van der Waals surface area contributed by atoms with Crippen molar-refractivity contribution in [2.24, 2.45) is 0 Å². The van der Waals surface area contributed by atoms with Crippen molar-refractivity contribution in [1.29, 1.82) is 0 Å². The number of aliphatic carboxylic acids is 1. The number of halogens is 4. The van der Waals surface area contributed by atoms with Crippen molar-refractivity contribution in [3.05, 3.63) is 25.9 Å². The third kappa shape index (κ3) is 2.57. The summed E-state index contributed by atoms with van der Waals surface area (Å²) in [5.41, 5.74) is -1.26. The molecule has 0 aromatic carbocycles. The highest BCUT2D eigenvalue weighted by molar-refractivity contribution is 14.1. The number of nitrogens with zero attached hydrogens (tertiary/aromatic N) is 2. The maximum atomic E-state index is 12.5. The van der Waals surface area contributed by atoms with E-state index in [-0.39, 0.29) is 11.0 Å². The number of aromatic amines is 1. The minimum atomic E-state index is -4.81. The van der Waals surface area contributed by atoms with Crippen molar-refractivity contribution in [1.82, 2.24) is 14.5 Å². The van der Waals surface area contributed by atoms with Crippen LogP contribution in [0.2, 0.25) is 0 Å². The van der Waals surface area contributed by atoms with Crippen molar-refractivity contribution in [2.75, 3.05) is 0 Å². The summed E-state index contributed by atoms with van der Waals surface area (Å²) in [4.78, 5) is 27.2. The molecule has 0 saturated carbocycles. The monoisotopic (exact) mass is 387 g/mol. The molecule has 2 rings (SSSR count). The second-order valence-corrected chi connectivity index (χ2v) is 4.77. The number of aromatic nitrogens is 3. The Labute approximate surface area is 116 Å². The van der Waals surface area contributed by atoms with Crippen molar-refractivity contribution >= 4 is 39.6 Å². The third-order valence-electron chi connectivity index (χ3n) is 2.25. The maximum absolute atomic E-state index is 12.5. The van der Waals surface area contributed by atoms with Crippen LogP contribution in [0.4, 0.5) is 13.2 Å². The van der Waals surface area contributed by atoms with Gasteiger partial charge < -0.3 is 14.7 Å². The number of hydrogen-bond donors (Lipinski definition) is 2. The van der Waals surface area contributed by atoms with Gasteiger partial charge in [0.2, 0.25) is 5.82 Å². The van der Waals surface area contributed by atoms with Crippen LogP contribution in [0.1, 0.15) is 5.82 Å². The molecular weight excluding hydrogens is 382 g/mol. The average Bonchev–Trinajstić information content (AvgIpc) is 2.53. The molecule has 0 amide bonds. The van der Waals surface area contributed by atoms with E-state index in [0.717, 1.165) is 4.57 Å². The van der Waals surface area contributed by atoms with Crippen molar-refractivity contribution in [3.63, 3.8) is 0 Å². The van der Waals surface area contributed by atoms with Gasteiger partial charge in [0, 0.05) is 9.77 Å². The lowest BCUT2D eigenvalue weighted by Gasteiger charge is -2.06. The van der Waals surface area contributed by atoms with Crippen LogP contribution in [0.5, 0.6) is 0 Å². The van der Waals surface area contributed by atoms with Gasteiger partial charge in [-0.2, -0.15) is 13.2 Å². The second kappa shape index (κ2) is 4.51. The van der Waals surface area contributed by atoms with Crippen molar-refractivity contribution in [3.8, 4) is 0 Å². The molecule has 2 aromatic heterocycles. The Morgan fingerprint density at radius 2 is 2.16 bits per heavy atom. The van der Waals surface area contributed by atoms with E-state index in [9.17, 15) is 22.8 Å². The molecule has 0 saturated heterocycles. The molecule has 2 heterocycles. The van der Waals surface area contributed by atoms with Gasteiger partial charge in [-0.1, -0.05) is 0 Å². The number of hydrogen-bond acceptors (Lipinski definition) is 3. The third-order valence-corrected chi connectivity index (χ3v) is 3.07. The first-order valence-electron chi connectivity index (χ1n) is 4.78. The largest absolute Gasteiger partial charge is 0.480 e. The van der Waals surface area contributed by atoms with Crippen LogP contribution in [0.25, 0.3) is 11.0 Å². The molecule has 0 fully saturated rings. The topological polar surface area (TPSA) is 88.0 Å². The van der Waals surface area contributed by atoms with E-state index in [4.69, 9.17) is 5.11 Å². The summed E-state index contributed by atoms with van der Waals surface area (Å²) in [7, 11) is 0. The molecule has 0 aliphatic rings. The minimum Gasteiger partial charge on any atom is -0.480 e. The number of alkyl halides is 3. The quantitative estimate of drug-likeness (QED) is 0.764. The highest BCUT2D eigenvalue weighted by Crippen LogP contribution is 2.27. The van der Waals surface area contributed by atoms with E-state index in [1.165, 1.54) is 6.20 Å². The van der Waals surface area contributed by atoms with Gasteiger partial charge in [0.25, 0.3) is 5.56 Å². The number of rotatable bonds is 2. The van der Waals surface area contributed by atoms with Gasteiger partial charge in [-0.05, 0) is 22.6 Å². The Hall–Kier alpha value is -1.59. The molecular formula is C9H5F3IN3O3. The summed E-state index contributed by atoms with van der Waals surface area (Å²) in [5, 5.41) is 8.61. The number of carboxylic acids is 1. The molecule has 0 aliphatic heterocycles. The van der Waals surface area contributed by atoms with Crippen LogP contribution in [-0.2, 0) is 17.5 Å². The van der Waals surface area contributed by atoms with Crippen molar-refractivity contribution in [2.45, 2.75) is 12.7 Å². The van der Waals surface area contributed by atoms with Crippen LogP contribution in [-0.4, -0.2) is 25.6 Å². The first-order valence-corrected chi connectivity index (χ1v) is 5.85. The highest BCUT2D eigenvalue weighted by atomic mass is 127. The SMILES string of the molecule is O=C(O)Cn1cc(I)c2c(=O)[nH]c(C(F)(F)F)nc21. The number of nitrogens with one attached hydrogen (secondary N) is 1. The number of H-pyrrole nitrogens is 1. The lowest BCUT2D eigenvalue weighted by atomic mass is 10.4. The number of fused-ring (bicyclic) bond motifs is 1. The van der Waals surface area contributed by atoms with E-state index in [1.807, 2.05) is 0 Å². The number of carbonyl (C=O) groups is 1. The molecule has 0 aliphatic carbocycles. The van der Waals surface area contributed by atoms with Crippen LogP contribution in [0.3, 0.4) is 0 Å². The molecule has 2 N–H and O–H groups in total. The van der Waals surface area contributed by atoms with E-state index < -0.39 is 30.1 Å². The van der Waals surface area contributed by atoms with Gasteiger partial charge in [0.1, 0.15) is 12.2 Å². The second-order valence-electron chi connectivity index (χ2n) is 3.61. The van der Waals surface area contributed by atoms with Gasteiger partial charge >= 0.3 is 12.1 Å². The Morgan fingerprint density at radius 1 is 1.53 bits per heavy atom. The summed E-state index contributed by atoms with van der Waals surface area (Å²) >= 11 is 1.73. The smallest absolute Gasteiger partial charge is 0.449 e. The molecule has 10 heteroatoms. The van der Waals surface area contributed by atoms with Gasteiger partial charge in [-0.3, -0.25) is 9.59 Å². The first-order chi connectivity index (χ1) is 8.70. The van der Waals surface area contributed by atoms with Crippen LogP contribution < -0.4 is 5.56 Å². The number of carboxylic acid groups (broad SMARTS) is 1. The Morgan fingerprint density at radius 3 is 2.68 bits per heavy atom. The van der Waals surface area contributed by atoms with E-state index >= 15 is 0 Å². The molecule has 0 spiro atoms. The zero-order valence-electron chi connectivity index (χ0n) is 8.95. The molecule has 19 heavy (non-hydrogen) atoms. The van der Waals surface area contributed by atoms with Gasteiger partial charge in [0.05, 0.1) is 5.39 Å². The molecule has 0 radical (unpaired) electrons. The predicted octanol–water partition coefficient (Wildman–Crippen LogP) is 1.43. The van der Waals surface area contributed by atoms with E-state index in [0.29, 0.717) is 3.57 Å². The van der Waals surface area contributed by atoms with Gasteiger partial charge in [-0.15, -0.1) is 0 Å². The molecule has 102 valence electrons. The van der Waals surface area contributed by atoms with E-state index in [1.54, 1.807) is 27.6 Å². The maximum Gasteiger partial charge on any atom is 0.449 e. The van der Waals surface area contributed by atoms with Gasteiger partial charge in [0.15, 0.2) is 0 Å². The lowest BCUT2D eigenvalue weighted by molar-refractivity contribution is -0.144. The highest BCUT2D eigenvalue weighted by Gasteiger charge is 2.35. The Balaban J connectivity index is 2.77. The molecule has 0 atom stereocenters. The normalized spacial score (nSPS) is 12.0. The fourth-order valence-electron chi connectivity index (χ4n) is 1.55. The first kappa shape index (κ1) is 13.8. The average molecular weight is 387 g/mol. The zero-order valence-corrected chi connectivity index (χ0v) is 11.1. The summed E-state index contributed by atoms with van der Waals surface area (Å²) in [6.07, 6.45) is -3.54. The van der Waals surface area contributed by atoms with Crippen LogP contribution >= 0.6 is 22.6 Å². The van der Waals surface area contributed by atoms with E-state index in [2.05, 4.69) is 4.98 Å². The molecule has 0 unspecified atom stereocenters. The standard InChI is InChI=1S/C9H5F3IN3O3/c10-9(11,12)8-14-6-5(7(19)15-8)3(13)1-16(6)2-4(17)18/h1H,2H2,(H,17,18)(H,14,15,19). The minimum absolute atomic E-state index is 0.0603. The summed E-state index contributed by atoms with van der Waals surface area (Å²) in [6.45, 7) is -0.576. The fraction of sp³-hybridized carbons (Fsp3) is 0.222. The molecule has 0 bridgehead atoms. The summed E-state index contributed by atoms with van der Waals surface area (Å²) in [5.74, 6) is -2.70. The summed E-state index contributed by atoms with van der Waals surface area (Å²) in [6, 6.07) is 0. The Bertz CT molecular complexity index is 719. The Kier molecular flexibility index (Phi) is 3.28. The molecule has 2 aromatic rings. The zero-order chi connectivity index (χ0) is 14.4. The van der Waals surface area contributed by atoms with Crippen LogP contribution in [0.15, 0.2) is 11.0 Å². The molecule has 6 nitrogen and oxygen atoms in total. The fourth-order valence-corrected chi connectivity index (χ4v) is 2.37. The van der Waals surface area contributed by atoms with Crippen molar-refractivity contribution < 1.29 is 23.1 Å². The predicted molar refractivity (Wildman–Crippen MR) is 65.7 cm³/mol.